The van der Waals surface area contributed by atoms with E-state index in [0.717, 1.165) is 6.20 Å². The highest BCUT2D eigenvalue weighted by molar-refractivity contribution is 5.75. The second kappa shape index (κ2) is 11.1. The van der Waals surface area contributed by atoms with Crippen LogP contribution >= 0.6 is 0 Å². The minimum atomic E-state index is -0.675. The molecule has 0 N–H and O–H groups in total. The second-order valence-corrected chi connectivity index (χ2v) is 8.49. The van der Waals surface area contributed by atoms with Crippen molar-refractivity contribution in [1.29, 1.82) is 0 Å². The summed E-state index contributed by atoms with van der Waals surface area (Å²) in [7, 11) is 0. The number of nitrogens with zero attached hydrogens (tertiary/aromatic N) is 6. The number of hydrogen-bond donors (Lipinski definition) is 0. The lowest BCUT2D eigenvalue weighted by Gasteiger charge is -2.25. The van der Waals surface area contributed by atoms with Crippen LogP contribution in [-0.4, -0.2) is 50.6 Å². The summed E-state index contributed by atoms with van der Waals surface area (Å²) in [6.07, 6.45) is 2.46. The van der Waals surface area contributed by atoms with Gasteiger partial charge >= 0.3 is 5.97 Å². The molecule has 0 aliphatic rings. The number of halogens is 2. The Morgan fingerprint density at radius 1 is 1.17 bits per heavy atom. The molecule has 0 saturated carbocycles. The van der Waals surface area contributed by atoms with Crippen LogP contribution in [0, 0.1) is 17.6 Å². The summed E-state index contributed by atoms with van der Waals surface area (Å²) in [6.45, 7) is 6.16. The molecule has 0 saturated heterocycles. The quantitative estimate of drug-likeness (QED) is 0.299. The van der Waals surface area contributed by atoms with Crippen molar-refractivity contribution in [2.24, 2.45) is 5.92 Å². The van der Waals surface area contributed by atoms with E-state index < -0.39 is 11.8 Å². The molecule has 0 fully saturated rings. The number of carbonyl (C=O) groups is 1. The van der Waals surface area contributed by atoms with Gasteiger partial charge in [0.1, 0.15) is 30.0 Å². The van der Waals surface area contributed by atoms with Crippen molar-refractivity contribution < 1.29 is 22.8 Å². The van der Waals surface area contributed by atoms with Crippen molar-refractivity contribution in [3.8, 4) is 22.9 Å². The minimum absolute atomic E-state index is 0.0339. The molecule has 0 amide bonds. The van der Waals surface area contributed by atoms with Gasteiger partial charge in [-0.2, -0.15) is 5.10 Å². The van der Waals surface area contributed by atoms with Crippen LogP contribution in [0.3, 0.4) is 0 Å². The first-order valence-corrected chi connectivity index (χ1v) is 11.5. The molecule has 3 heterocycles. The SMILES string of the molecule is CCOC(=O)CN(CC(C)C)c1nc(-c2cc(-c3ccon3)n(Cc3ccccc3F)n2)ncc1F. The van der Waals surface area contributed by atoms with Crippen LogP contribution in [0.4, 0.5) is 14.6 Å². The summed E-state index contributed by atoms with van der Waals surface area (Å²) >= 11 is 0. The van der Waals surface area contributed by atoms with E-state index in [4.69, 9.17) is 9.26 Å². The number of rotatable bonds is 10. The van der Waals surface area contributed by atoms with E-state index in [9.17, 15) is 13.6 Å². The summed E-state index contributed by atoms with van der Waals surface area (Å²) in [5, 5.41) is 8.54. The molecule has 0 spiro atoms. The Bertz CT molecular complexity index is 1320. The van der Waals surface area contributed by atoms with Gasteiger partial charge < -0.3 is 14.2 Å². The standard InChI is InChI=1S/C25H26F2N6O3/c1-4-35-23(34)15-32(13-16(2)3)25-19(27)12-28-24(29-25)21-11-22(20-9-10-36-31-20)33(30-21)14-17-7-5-6-8-18(17)26/h5-12,16H,4,13-15H2,1-3H3. The zero-order valence-corrected chi connectivity index (χ0v) is 20.2. The van der Waals surface area contributed by atoms with E-state index in [1.54, 1.807) is 41.9 Å². The average Bonchev–Trinajstić information content (AvgIpc) is 3.50. The lowest BCUT2D eigenvalue weighted by molar-refractivity contribution is -0.141. The molecule has 0 aliphatic carbocycles. The van der Waals surface area contributed by atoms with E-state index in [1.165, 1.54) is 17.2 Å². The third-order valence-electron chi connectivity index (χ3n) is 5.22. The minimum Gasteiger partial charge on any atom is -0.465 e. The zero-order chi connectivity index (χ0) is 25.7. The molecule has 1 aromatic carbocycles. The van der Waals surface area contributed by atoms with Gasteiger partial charge in [-0.05, 0) is 25.0 Å². The fourth-order valence-corrected chi connectivity index (χ4v) is 3.72. The molecule has 3 aromatic heterocycles. The second-order valence-electron chi connectivity index (χ2n) is 8.49. The van der Waals surface area contributed by atoms with E-state index in [2.05, 4.69) is 20.2 Å². The van der Waals surface area contributed by atoms with E-state index in [1.807, 2.05) is 13.8 Å². The Kier molecular flexibility index (Phi) is 7.67. The normalized spacial score (nSPS) is 11.2. The van der Waals surface area contributed by atoms with Gasteiger partial charge in [-0.3, -0.25) is 9.48 Å². The topological polar surface area (TPSA) is 99.2 Å². The lowest BCUT2D eigenvalue weighted by Crippen LogP contribution is -2.35. The lowest BCUT2D eigenvalue weighted by atomic mass is 10.2. The number of aromatic nitrogens is 5. The Balaban J connectivity index is 1.74. The molecule has 188 valence electrons. The van der Waals surface area contributed by atoms with Crippen molar-refractivity contribution in [1.82, 2.24) is 24.9 Å². The molecule has 0 radical (unpaired) electrons. The number of carbonyl (C=O) groups excluding carboxylic acids is 1. The van der Waals surface area contributed by atoms with Crippen LogP contribution in [0.5, 0.6) is 0 Å². The van der Waals surface area contributed by atoms with Gasteiger partial charge in [0.2, 0.25) is 0 Å². The van der Waals surface area contributed by atoms with Gasteiger partial charge in [-0.15, -0.1) is 0 Å². The highest BCUT2D eigenvalue weighted by Gasteiger charge is 2.22. The molecule has 9 nitrogen and oxygen atoms in total. The van der Waals surface area contributed by atoms with E-state index >= 15 is 0 Å². The predicted molar refractivity (Wildman–Crippen MR) is 128 cm³/mol. The van der Waals surface area contributed by atoms with Crippen molar-refractivity contribution >= 4 is 11.8 Å². The number of esters is 1. The Hall–Kier alpha value is -4.15. The Morgan fingerprint density at radius 2 is 1.97 bits per heavy atom. The molecule has 36 heavy (non-hydrogen) atoms. The summed E-state index contributed by atoms with van der Waals surface area (Å²) < 4.78 is 40.8. The van der Waals surface area contributed by atoms with Gasteiger partial charge in [0.15, 0.2) is 17.5 Å². The fourth-order valence-electron chi connectivity index (χ4n) is 3.72. The van der Waals surface area contributed by atoms with Crippen LogP contribution in [0.1, 0.15) is 26.3 Å². The molecule has 0 bridgehead atoms. The summed E-state index contributed by atoms with van der Waals surface area (Å²) in [6, 6.07) is 9.71. The largest absolute Gasteiger partial charge is 0.465 e. The van der Waals surface area contributed by atoms with Gasteiger partial charge in [0, 0.05) is 18.2 Å². The highest BCUT2D eigenvalue weighted by atomic mass is 19.1. The molecular formula is C25H26F2N6O3. The molecule has 0 atom stereocenters. The molecule has 11 heteroatoms. The summed E-state index contributed by atoms with van der Waals surface area (Å²) in [4.78, 5) is 22.2. The first kappa shape index (κ1) is 25.0. The third-order valence-corrected chi connectivity index (χ3v) is 5.22. The van der Waals surface area contributed by atoms with Gasteiger partial charge in [-0.1, -0.05) is 37.2 Å². The molecule has 4 rings (SSSR count). The smallest absolute Gasteiger partial charge is 0.325 e. The number of ether oxygens (including phenoxy) is 1. The fraction of sp³-hybridized carbons (Fsp3) is 0.320. The number of benzene rings is 1. The van der Waals surface area contributed by atoms with Crippen molar-refractivity contribution in [2.75, 3.05) is 24.6 Å². The van der Waals surface area contributed by atoms with Gasteiger partial charge in [-0.25, -0.2) is 18.7 Å². The highest BCUT2D eigenvalue weighted by Crippen LogP contribution is 2.27. The molecule has 0 aliphatic heterocycles. The molecular weight excluding hydrogens is 470 g/mol. The third kappa shape index (κ3) is 5.73. The van der Waals surface area contributed by atoms with Crippen molar-refractivity contribution in [3.63, 3.8) is 0 Å². The number of hydrogen-bond acceptors (Lipinski definition) is 8. The Labute approximate surface area is 206 Å². The summed E-state index contributed by atoms with van der Waals surface area (Å²) in [5.41, 5.74) is 1.78. The summed E-state index contributed by atoms with van der Waals surface area (Å²) in [5.74, 6) is -1.30. The van der Waals surface area contributed by atoms with Gasteiger partial charge in [0.25, 0.3) is 0 Å². The van der Waals surface area contributed by atoms with Crippen LogP contribution in [0.15, 0.2) is 53.4 Å². The maximum atomic E-state index is 14.9. The van der Waals surface area contributed by atoms with E-state index in [0.29, 0.717) is 29.2 Å². The number of anilines is 1. The van der Waals surface area contributed by atoms with Crippen molar-refractivity contribution in [3.05, 3.63) is 66.1 Å². The van der Waals surface area contributed by atoms with Crippen LogP contribution in [0.2, 0.25) is 0 Å². The van der Waals surface area contributed by atoms with E-state index in [-0.39, 0.29) is 43.1 Å². The van der Waals surface area contributed by atoms with Crippen molar-refractivity contribution in [2.45, 2.75) is 27.3 Å². The average molecular weight is 497 g/mol. The molecule has 0 unspecified atom stereocenters. The first-order valence-electron chi connectivity index (χ1n) is 11.5. The predicted octanol–water partition coefficient (Wildman–Crippen LogP) is 4.35. The van der Waals surface area contributed by atoms with Crippen LogP contribution < -0.4 is 4.90 Å². The Morgan fingerprint density at radius 3 is 2.67 bits per heavy atom. The van der Waals surface area contributed by atoms with Crippen LogP contribution in [-0.2, 0) is 16.1 Å². The zero-order valence-electron chi connectivity index (χ0n) is 20.2. The first-order chi connectivity index (χ1) is 17.4. The van der Waals surface area contributed by atoms with Gasteiger partial charge in [0.05, 0.1) is 25.0 Å². The maximum Gasteiger partial charge on any atom is 0.325 e. The van der Waals surface area contributed by atoms with Crippen LogP contribution in [0.25, 0.3) is 22.9 Å². The maximum absolute atomic E-state index is 14.9. The monoisotopic (exact) mass is 496 g/mol. The molecule has 4 aromatic rings.